The first kappa shape index (κ1) is 20.5. The molecule has 0 saturated carbocycles. The van der Waals surface area contributed by atoms with Gasteiger partial charge in [-0.1, -0.05) is 41.4 Å². The normalized spacial score (nSPS) is 11.3. The fourth-order valence-electron chi connectivity index (χ4n) is 3.17. The van der Waals surface area contributed by atoms with E-state index in [-0.39, 0.29) is 33.9 Å². The van der Waals surface area contributed by atoms with Crippen molar-refractivity contribution < 1.29 is 13.5 Å². The van der Waals surface area contributed by atoms with Crippen LogP contribution in [0.15, 0.2) is 36.4 Å². The first-order chi connectivity index (χ1) is 14.4. The summed E-state index contributed by atoms with van der Waals surface area (Å²) in [5.41, 5.74) is 1.50. The molecule has 30 heavy (non-hydrogen) atoms. The highest BCUT2D eigenvalue weighted by atomic mass is 35.5. The Morgan fingerprint density at radius 2 is 1.77 bits per heavy atom. The van der Waals surface area contributed by atoms with Crippen LogP contribution in [-0.4, -0.2) is 26.4 Å². The van der Waals surface area contributed by atoms with Gasteiger partial charge in [0.05, 0.1) is 29.4 Å². The average Bonchev–Trinajstić information content (AvgIpc) is 3.07. The predicted molar refractivity (Wildman–Crippen MR) is 112 cm³/mol. The van der Waals surface area contributed by atoms with Crippen LogP contribution in [0, 0.1) is 18.6 Å². The Morgan fingerprint density at radius 1 is 1.07 bits per heavy atom. The smallest absolute Gasteiger partial charge is 0.182 e. The molecule has 0 radical (unpaired) electrons. The zero-order valence-corrected chi connectivity index (χ0v) is 17.6. The van der Waals surface area contributed by atoms with Gasteiger partial charge in [-0.2, -0.15) is 5.10 Å². The molecule has 5 nitrogen and oxygen atoms in total. The largest absolute Gasteiger partial charge is 0.494 e. The lowest BCUT2D eigenvalue weighted by atomic mass is 10.1. The van der Waals surface area contributed by atoms with Crippen LogP contribution in [-0.2, 0) is 6.54 Å². The van der Waals surface area contributed by atoms with Crippen molar-refractivity contribution in [2.45, 2.75) is 20.4 Å². The lowest BCUT2D eigenvalue weighted by Gasteiger charge is -2.09. The van der Waals surface area contributed by atoms with Crippen LogP contribution in [0.1, 0.15) is 18.2 Å². The molecule has 9 heteroatoms. The van der Waals surface area contributed by atoms with Gasteiger partial charge >= 0.3 is 0 Å². The van der Waals surface area contributed by atoms with Crippen molar-refractivity contribution in [3.8, 4) is 17.3 Å². The first-order valence-corrected chi connectivity index (χ1v) is 9.91. The molecular weight excluding hydrogens is 433 g/mol. The van der Waals surface area contributed by atoms with Gasteiger partial charge in [-0.3, -0.25) is 4.68 Å². The summed E-state index contributed by atoms with van der Waals surface area (Å²) in [6.07, 6.45) is 0. The Hall–Kier alpha value is -2.77. The standard InChI is InChI=1S/C21H16Cl2F2N4O/c1-3-30-12-8-15(24)14(16(25)9-12)10-29-17-7-5-4-6-13(17)19(28-29)21-26-11(2)18(22)20(23)27-21/h4-9H,3,10H2,1-2H3. The van der Waals surface area contributed by atoms with Gasteiger partial charge in [0.1, 0.15) is 23.1 Å². The molecular formula is C21H16Cl2F2N4O. The first-order valence-electron chi connectivity index (χ1n) is 9.15. The zero-order chi connectivity index (χ0) is 21.4. The molecule has 2 aromatic carbocycles. The SMILES string of the molecule is CCOc1cc(F)c(Cn2nc(-c3nc(C)c(Cl)c(Cl)n3)c3ccccc32)c(F)c1. The van der Waals surface area contributed by atoms with E-state index in [0.29, 0.717) is 23.5 Å². The summed E-state index contributed by atoms with van der Waals surface area (Å²) in [4.78, 5) is 8.60. The molecule has 0 spiro atoms. The summed E-state index contributed by atoms with van der Waals surface area (Å²) in [6.45, 7) is 3.65. The Bertz CT molecular complexity index is 1210. The second kappa shape index (κ2) is 8.16. The van der Waals surface area contributed by atoms with Gasteiger partial charge in [-0.25, -0.2) is 18.7 Å². The van der Waals surface area contributed by atoms with E-state index in [1.54, 1.807) is 19.9 Å². The zero-order valence-electron chi connectivity index (χ0n) is 16.1. The number of ether oxygens (including phenoxy) is 1. The summed E-state index contributed by atoms with van der Waals surface area (Å²) in [5, 5.41) is 5.64. The van der Waals surface area contributed by atoms with Gasteiger partial charge in [0, 0.05) is 23.1 Å². The summed E-state index contributed by atoms with van der Waals surface area (Å²) < 4.78 is 35.9. The molecule has 0 bridgehead atoms. The van der Waals surface area contributed by atoms with Crippen molar-refractivity contribution in [2.24, 2.45) is 0 Å². The number of para-hydroxylation sites is 1. The number of aromatic nitrogens is 4. The predicted octanol–water partition coefficient (Wildman–Crippen LogP) is 5.83. The number of halogens is 4. The van der Waals surface area contributed by atoms with Gasteiger partial charge in [0.15, 0.2) is 11.0 Å². The van der Waals surface area contributed by atoms with Crippen LogP contribution in [0.5, 0.6) is 5.75 Å². The third kappa shape index (κ3) is 3.70. The molecule has 154 valence electrons. The second-order valence-electron chi connectivity index (χ2n) is 6.56. The monoisotopic (exact) mass is 448 g/mol. The van der Waals surface area contributed by atoms with Crippen LogP contribution in [0.4, 0.5) is 8.78 Å². The lowest BCUT2D eigenvalue weighted by Crippen LogP contribution is -2.07. The number of nitrogens with zero attached hydrogens (tertiary/aromatic N) is 4. The van der Waals surface area contributed by atoms with E-state index in [1.807, 2.05) is 18.2 Å². The van der Waals surface area contributed by atoms with E-state index in [1.165, 1.54) is 16.8 Å². The molecule has 0 unspecified atom stereocenters. The number of hydrogen-bond acceptors (Lipinski definition) is 4. The van der Waals surface area contributed by atoms with Crippen molar-refractivity contribution in [2.75, 3.05) is 6.61 Å². The van der Waals surface area contributed by atoms with E-state index < -0.39 is 11.6 Å². The molecule has 2 heterocycles. The molecule has 0 aliphatic rings. The fourth-order valence-corrected chi connectivity index (χ4v) is 3.48. The van der Waals surface area contributed by atoms with Gasteiger partial charge < -0.3 is 4.74 Å². The molecule has 0 fully saturated rings. The van der Waals surface area contributed by atoms with Crippen molar-refractivity contribution in [1.29, 1.82) is 0 Å². The molecule has 4 rings (SSSR count). The summed E-state index contributed by atoms with van der Waals surface area (Å²) in [7, 11) is 0. The third-order valence-corrected chi connectivity index (χ3v) is 5.40. The number of hydrogen-bond donors (Lipinski definition) is 0. The summed E-state index contributed by atoms with van der Waals surface area (Å²) in [6, 6.07) is 9.62. The molecule has 0 atom stereocenters. The second-order valence-corrected chi connectivity index (χ2v) is 7.30. The fraction of sp³-hybridized carbons (Fsp3) is 0.190. The summed E-state index contributed by atoms with van der Waals surface area (Å²) >= 11 is 12.2. The van der Waals surface area contributed by atoms with Crippen molar-refractivity contribution in [1.82, 2.24) is 19.7 Å². The van der Waals surface area contributed by atoms with E-state index in [2.05, 4.69) is 15.1 Å². The maximum Gasteiger partial charge on any atom is 0.182 e. The van der Waals surface area contributed by atoms with E-state index in [4.69, 9.17) is 27.9 Å². The van der Waals surface area contributed by atoms with Crippen molar-refractivity contribution >= 4 is 34.1 Å². The lowest BCUT2D eigenvalue weighted by molar-refractivity contribution is 0.335. The summed E-state index contributed by atoms with van der Waals surface area (Å²) in [5.74, 6) is -0.992. The number of rotatable bonds is 5. The van der Waals surface area contributed by atoms with Crippen molar-refractivity contribution in [3.63, 3.8) is 0 Å². The minimum absolute atomic E-state index is 0.112. The Balaban J connectivity index is 1.83. The molecule has 0 saturated heterocycles. The Morgan fingerprint density at radius 3 is 2.43 bits per heavy atom. The molecule has 0 amide bonds. The number of benzene rings is 2. The molecule has 2 aromatic heterocycles. The average molecular weight is 449 g/mol. The third-order valence-electron chi connectivity index (χ3n) is 4.58. The number of aryl methyl sites for hydroxylation is 1. The highest BCUT2D eigenvalue weighted by Crippen LogP contribution is 2.31. The maximum absolute atomic E-state index is 14.6. The van der Waals surface area contributed by atoms with E-state index in [9.17, 15) is 8.78 Å². The van der Waals surface area contributed by atoms with Crippen LogP contribution in [0.2, 0.25) is 10.2 Å². The van der Waals surface area contributed by atoms with Crippen LogP contribution >= 0.6 is 23.2 Å². The van der Waals surface area contributed by atoms with Gasteiger partial charge in [-0.15, -0.1) is 0 Å². The molecule has 0 N–H and O–H groups in total. The van der Waals surface area contributed by atoms with E-state index in [0.717, 1.165) is 5.39 Å². The van der Waals surface area contributed by atoms with Crippen LogP contribution in [0.25, 0.3) is 22.4 Å². The molecule has 4 aromatic rings. The molecule has 0 aliphatic carbocycles. The highest BCUT2D eigenvalue weighted by Gasteiger charge is 2.19. The van der Waals surface area contributed by atoms with Crippen molar-refractivity contribution in [3.05, 3.63) is 69.5 Å². The van der Waals surface area contributed by atoms with Gasteiger partial charge in [0.25, 0.3) is 0 Å². The minimum Gasteiger partial charge on any atom is -0.494 e. The quantitative estimate of drug-likeness (QED) is 0.360. The maximum atomic E-state index is 14.6. The van der Waals surface area contributed by atoms with Gasteiger partial charge in [-0.05, 0) is 19.9 Å². The molecule has 0 aliphatic heterocycles. The Kier molecular flexibility index (Phi) is 5.58. The van der Waals surface area contributed by atoms with Crippen LogP contribution < -0.4 is 4.74 Å². The van der Waals surface area contributed by atoms with Crippen LogP contribution in [0.3, 0.4) is 0 Å². The Labute approximate surface area is 181 Å². The number of fused-ring (bicyclic) bond motifs is 1. The van der Waals surface area contributed by atoms with Gasteiger partial charge in [0.2, 0.25) is 0 Å². The minimum atomic E-state index is -0.707. The van der Waals surface area contributed by atoms with E-state index >= 15 is 0 Å². The topological polar surface area (TPSA) is 52.8 Å². The highest BCUT2D eigenvalue weighted by molar-refractivity contribution is 6.41.